The van der Waals surface area contributed by atoms with Crippen molar-refractivity contribution in [3.05, 3.63) is 70.3 Å². The highest BCUT2D eigenvalue weighted by Crippen LogP contribution is 2.62. The van der Waals surface area contributed by atoms with E-state index in [-0.39, 0.29) is 35.7 Å². The molecule has 2 N–H and O–H groups in total. The number of carbonyl (C=O) groups is 4. The van der Waals surface area contributed by atoms with Crippen molar-refractivity contribution in [1.82, 2.24) is 15.5 Å². The Kier molecular flexibility index (Phi) is 6.56. The lowest BCUT2D eigenvalue weighted by molar-refractivity contribution is -0.129. The van der Waals surface area contributed by atoms with Crippen molar-refractivity contribution in [3.63, 3.8) is 0 Å². The number of halogens is 2. The van der Waals surface area contributed by atoms with E-state index in [0.29, 0.717) is 41.5 Å². The first-order valence-electron chi connectivity index (χ1n) is 12.7. The van der Waals surface area contributed by atoms with Crippen LogP contribution in [0.3, 0.4) is 0 Å². The zero-order valence-corrected chi connectivity index (χ0v) is 20.6. The number of nitrogens with one attached hydrogen (secondary N) is 2. The van der Waals surface area contributed by atoms with Gasteiger partial charge in [0.2, 0.25) is 12.3 Å². The highest BCUT2D eigenvalue weighted by atomic mass is 19.1. The largest absolute Gasteiger partial charge is 0.349 e. The van der Waals surface area contributed by atoms with E-state index in [4.69, 9.17) is 0 Å². The van der Waals surface area contributed by atoms with Gasteiger partial charge in [-0.1, -0.05) is 19.4 Å². The Morgan fingerprint density at radius 3 is 2.57 bits per heavy atom. The first-order valence-corrected chi connectivity index (χ1v) is 12.7. The van der Waals surface area contributed by atoms with Crippen LogP contribution in [0.15, 0.2) is 36.4 Å². The highest BCUT2D eigenvalue weighted by Gasteiger charge is 2.53. The number of amides is 4. The van der Waals surface area contributed by atoms with Crippen LogP contribution in [0.2, 0.25) is 0 Å². The van der Waals surface area contributed by atoms with E-state index in [1.165, 1.54) is 17.0 Å². The Morgan fingerprint density at radius 2 is 1.89 bits per heavy atom. The number of imide groups is 1. The van der Waals surface area contributed by atoms with E-state index in [9.17, 15) is 28.0 Å². The second kappa shape index (κ2) is 9.68. The molecule has 0 bridgehead atoms. The summed E-state index contributed by atoms with van der Waals surface area (Å²) in [5.41, 5.74) is 2.23. The summed E-state index contributed by atoms with van der Waals surface area (Å²) in [7, 11) is 0. The summed E-state index contributed by atoms with van der Waals surface area (Å²) >= 11 is 0. The minimum absolute atomic E-state index is 0.0267. The average Bonchev–Trinajstić information content (AvgIpc) is 3.14. The normalized spacial score (nSPS) is 24.6. The Hall–Kier alpha value is -3.62. The molecule has 5 rings (SSSR count). The molecule has 2 aliphatic carbocycles. The molecule has 2 aromatic carbocycles. The zero-order chi connectivity index (χ0) is 26.3. The van der Waals surface area contributed by atoms with Gasteiger partial charge in [-0.15, -0.1) is 0 Å². The Bertz CT molecular complexity index is 1270. The number of fused-ring (bicyclic) bond motifs is 1. The van der Waals surface area contributed by atoms with Crippen LogP contribution in [-0.4, -0.2) is 41.1 Å². The molecule has 1 unspecified atom stereocenters. The summed E-state index contributed by atoms with van der Waals surface area (Å²) in [5, 5.41) is 5.20. The predicted molar refractivity (Wildman–Crippen MR) is 130 cm³/mol. The lowest BCUT2D eigenvalue weighted by atomic mass is 9.49. The van der Waals surface area contributed by atoms with Crippen LogP contribution in [0.4, 0.5) is 8.78 Å². The van der Waals surface area contributed by atoms with Gasteiger partial charge in [0.1, 0.15) is 17.7 Å². The number of hydrogen-bond acceptors (Lipinski definition) is 4. The number of carbonyl (C=O) groups excluding carboxylic acids is 4. The second-order valence-corrected chi connectivity index (χ2v) is 10.6. The number of nitrogens with zero attached hydrogens (tertiary/aromatic N) is 1. The standard InChI is InChI=1S/C28H29F2N3O4/c1-2-3-24(26(36)31-15-34)33-14-17-8-16(4-6-22(17)27(33)37)25(35)32-20-12-28(13-20)10-18(11-28)21-7-5-19(29)9-23(21)30/h4-9,15,18,20,24H,2-3,10-14H2,1H3,(H,32,35)(H,31,34,36). The smallest absolute Gasteiger partial charge is 0.255 e. The minimum Gasteiger partial charge on any atom is -0.349 e. The SMILES string of the molecule is CCCC(C(=O)NC=O)N1Cc2cc(C(=O)NC3CC4(C3)CC(c3ccc(F)cc3F)C4)ccc2C1=O. The highest BCUT2D eigenvalue weighted by molar-refractivity contribution is 6.03. The first-order chi connectivity index (χ1) is 17.7. The predicted octanol–water partition coefficient (Wildman–Crippen LogP) is 3.82. The van der Waals surface area contributed by atoms with Crippen LogP contribution in [0.1, 0.15) is 83.2 Å². The quantitative estimate of drug-likeness (QED) is 0.529. The van der Waals surface area contributed by atoms with Gasteiger partial charge in [0.15, 0.2) is 0 Å². The Morgan fingerprint density at radius 1 is 1.14 bits per heavy atom. The van der Waals surface area contributed by atoms with E-state index in [1.807, 2.05) is 6.92 Å². The molecule has 7 nitrogen and oxygen atoms in total. The van der Waals surface area contributed by atoms with Crippen LogP contribution >= 0.6 is 0 Å². The van der Waals surface area contributed by atoms with Crippen LogP contribution in [0, 0.1) is 17.0 Å². The summed E-state index contributed by atoms with van der Waals surface area (Å²) in [6.45, 7) is 2.09. The molecule has 1 atom stereocenters. The third kappa shape index (κ3) is 4.63. The second-order valence-electron chi connectivity index (χ2n) is 10.6. The lowest BCUT2D eigenvalue weighted by Crippen LogP contribution is -2.55. The van der Waals surface area contributed by atoms with Crippen molar-refractivity contribution >= 4 is 24.1 Å². The molecule has 0 radical (unpaired) electrons. The third-order valence-corrected chi connectivity index (χ3v) is 8.10. The number of rotatable bonds is 8. The molecule has 4 amide bonds. The van der Waals surface area contributed by atoms with Crippen molar-refractivity contribution in [2.45, 2.75) is 70.0 Å². The van der Waals surface area contributed by atoms with Gasteiger partial charge in [-0.25, -0.2) is 8.78 Å². The van der Waals surface area contributed by atoms with E-state index < -0.39 is 23.6 Å². The molecule has 0 saturated heterocycles. The van der Waals surface area contributed by atoms with Gasteiger partial charge in [0, 0.05) is 29.8 Å². The van der Waals surface area contributed by atoms with Crippen LogP contribution in [0.25, 0.3) is 0 Å². The molecule has 9 heteroatoms. The van der Waals surface area contributed by atoms with E-state index in [1.54, 1.807) is 18.2 Å². The molecule has 37 heavy (non-hydrogen) atoms. The van der Waals surface area contributed by atoms with Crippen LogP contribution < -0.4 is 10.6 Å². The van der Waals surface area contributed by atoms with Crippen molar-refractivity contribution < 1.29 is 28.0 Å². The molecule has 1 aliphatic heterocycles. The summed E-state index contributed by atoms with van der Waals surface area (Å²) in [6.07, 6.45) is 4.69. The maximum Gasteiger partial charge on any atom is 0.255 e. The first kappa shape index (κ1) is 25.0. The molecule has 194 valence electrons. The minimum atomic E-state index is -0.756. The summed E-state index contributed by atoms with van der Waals surface area (Å²) in [4.78, 5) is 50.4. The lowest BCUT2D eigenvalue weighted by Gasteiger charge is -2.58. The van der Waals surface area contributed by atoms with Gasteiger partial charge in [-0.3, -0.25) is 24.5 Å². The number of hydrogen-bond donors (Lipinski definition) is 2. The van der Waals surface area contributed by atoms with Gasteiger partial charge in [-0.05, 0) is 78.8 Å². The molecular weight excluding hydrogens is 480 g/mol. The fraction of sp³-hybridized carbons (Fsp3) is 0.429. The molecule has 1 heterocycles. The maximum absolute atomic E-state index is 14.1. The van der Waals surface area contributed by atoms with Crippen LogP contribution in [-0.2, 0) is 16.1 Å². The molecular formula is C28H29F2N3O4. The van der Waals surface area contributed by atoms with Gasteiger partial charge in [0.05, 0.1) is 0 Å². The maximum atomic E-state index is 14.1. The number of benzene rings is 2. The summed E-state index contributed by atoms with van der Waals surface area (Å²) in [5.74, 6) is -2.02. The molecule has 2 fully saturated rings. The molecule has 2 saturated carbocycles. The fourth-order valence-electron chi connectivity index (χ4n) is 6.32. The fourth-order valence-corrected chi connectivity index (χ4v) is 6.32. The van der Waals surface area contributed by atoms with E-state index in [0.717, 1.165) is 31.7 Å². The van der Waals surface area contributed by atoms with Crippen molar-refractivity contribution in [3.8, 4) is 0 Å². The third-order valence-electron chi connectivity index (χ3n) is 8.10. The van der Waals surface area contributed by atoms with Crippen molar-refractivity contribution in [2.24, 2.45) is 5.41 Å². The van der Waals surface area contributed by atoms with E-state index in [2.05, 4.69) is 10.6 Å². The molecule has 2 aromatic rings. The summed E-state index contributed by atoms with van der Waals surface area (Å²) in [6, 6.07) is 7.93. The Labute approximate surface area is 213 Å². The zero-order valence-electron chi connectivity index (χ0n) is 20.6. The molecule has 3 aliphatic rings. The topological polar surface area (TPSA) is 95.6 Å². The van der Waals surface area contributed by atoms with Gasteiger partial charge in [0.25, 0.3) is 11.8 Å². The summed E-state index contributed by atoms with van der Waals surface area (Å²) < 4.78 is 27.3. The average molecular weight is 510 g/mol. The van der Waals surface area contributed by atoms with Gasteiger partial charge in [-0.2, -0.15) is 0 Å². The Balaban J connectivity index is 1.17. The van der Waals surface area contributed by atoms with Crippen LogP contribution in [0.5, 0.6) is 0 Å². The molecule has 0 aromatic heterocycles. The van der Waals surface area contributed by atoms with Crippen molar-refractivity contribution in [1.29, 1.82) is 0 Å². The van der Waals surface area contributed by atoms with Crippen molar-refractivity contribution in [2.75, 3.05) is 0 Å². The van der Waals surface area contributed by atoms with Gasteiger partial charge >= 0.3 is 0 Å². The van der Waals surface area contributed by atoms with E-state index >= 15 is 0 Å². The van der Waals surface area contributed by atoms with Gasteiger partial charge < -0.3 is 10.2 Å². The molecule has 1 spiro atoms. The monoisotopic (exact) mass is 509 g/mol.